The number of likely N-dealkylation sites (tertiary alicyclic amines) is 1. The van der Waals surface area contributed by atoms with Gasteiger partial charge in [0.25, 0.3) is 0 Å². The topological polar surface area (TPSA) is 21.1 Å². The highest BCUT2D eigenvalue weighted by Gasteiger charge is 2.24. The summed E-state index contributed by atoms with van der Waals surface area (Å²) in [5.74, 6) is 0.789. The van der Waals surface area contributed by atoms with Gasteiger partial charge in [0.15, 0.2) is 0 Å². The minimum atomic E-state index is 0.726. The zero-order valence-corrected chi connectivity index (χ0v) is 13.0. The van der Waals surface area contributed by atoms with E-state index in [1.165, 1.54) is 37.2 Å². The van der Waals surface area contributed by atoms with Crippen molar-refractivity contribution in [2.24, 2.45) is 0 Å². The Morgan fingerprint density at radius 1 is 1.42 bits per heavy atom. The number of halogens is 1. The lowest BCUT2D eigenvalue weighted by atomic mass is 10.1. The first-order chi connectivity index (χ1) is 9.28. The third kappa shape index (κ3) is 3.73. The van der Waals surface area contributed by atoms with Gasteiger partial charge in [0.1, 0.15) is 0 Å². The molecule has 0 bridgehead atoms. The summed E-state index contributed by atoms with van der Waals surface area (Å²) in [6.07, 6.45) is 6.06. The molecule has 0 radical (unpaired) electrons. The Balaban J connectivity index is 2.00. The summed E-state index contributed by atoms with van der Waals surface area (Å²) in [4.78, 5) is 2.62. The number of rotatable bonds is 7. The molecule has 1 aromatic heterocycles. The van der Waals surface area contributed by atoms with E-state index in [4.69, 9.17) is 11.6 Å². The van der Waals surface area contributed by atoms with E-state index in [0.717, 1.165) is 37.9 Å². The van der Waals surface area contributed by atoms with Crippen LogP contribution in [0.3, 0.4) is 0 Å². The second kappa shape index (κ2) is 7.30. The summed E-state index contributed by atoms with van der Waals surface area (Å²) in [5.41, 5.74) is 2.59. The van der Waals surface area contributed by atoms with Gasteiger partial charge < -0.3 is 0 Å². The molecule has 3 nitrogen and oxygen atoms in total. The number of hydrogen-bond donors (Lipinski definition) is 0. The number of aromatic nitrogens is 2. The van der Waals surface area contributed by atoms with E-state index < -0.39 is 0 Å². The Morgan fingerprint density at radius 2 is 2.26 bits per heavy atom. The molecule has 0 aliphatic carbocycles. The molecule has 1 saturated heterocycles. The Hall–Kier alpha value is -0.540. The molecule has 2 rings (SSSR count). The quantitative estimate of drug-likeness (QED) is 0.715. The Labute approximate surface area is 121 Å². The monoisotopic (exact) mass is 283 g/mol. The molecule has 0 amide bonds. The van der Waals surface area contributed by atoms with Gasteiger partial charge >= 0.3 is 0 Å². The van der Waals surface area contributed by atoms with Crippen LogP contribution >= 0.6 is 11.6 Å². The third-order valence-corrected chi connectivity index (χ3v) is 4.38. The summed E-state index contributed by atoms with van der Waals surface area (Å²) in [5, 5.41) is 4.65. The molecule has 1 atom stereocenters. The summed E-state index contributed by atoms with van der Waals surface area (Å²) >= 11 is 5.83. The van der Waals surface area contributed by atoms with Crippen LogP contribution < -0.4 is 0 Å². The maximum atomic E-state index is 5.83. The fourth-order valence-corrected chi connectivity index (χ4v) is 3.19. The number of nitrogens with zero attached hydrogens (tertiary/aromatic N) is 3. The van der Waals surface area contributed by atoms with Gasteiger partial charge in [0.05, 0.1) is 11.4 Å². The van der Waals surface area contributed by atoms with Crippen molar-refractivity contribution in [1.29, 1.82) is 0 Å². The molecule has 4 heteroatoms. The number of alkyl halides is 1. The Bertz CT molecular complexity index is 389. The standard InChI is InChI=1S/C15H26ClN3/c1-3-13-11-15(19(4-2)17-13)12-18-10-6-8-14(18)7-5-9-16/h11,14H,3-10,12H2,1-2H3. The largest absolute Gasteiger partial charge is 0.295 e. The Kier molecular flexibility index (Phi) is 5.71. The van der Waals surface area contributed by atoms with Crippen molar-refractivity contribution < 1.29 is 0 Å². The maximum Gasteiger partial charge on any atom is 0.0625 e. The van der Waals surface area contributed by atoms with Crippen LogP contribution in [0.25, 0.3) is 0 Å². The number of aryl methyl sites for hydroxylation is 2. The van der Waals surface area contributed by atoms with E-state index in [9.17, 15) is 0 Å². The van der Waals surface area contributed by atoms with Gasteiger partial charge in [-0.15, -0.1) is 11.6 Å². The van der Waals surface area contributed by atoms with E-state index in [1.807, 2.05) is 0 Å². The van der Waals surface area contributed by atoms with Gasteiger partial charge in [0, 0.05) is 25.0 Å². The van der Waals surface area contributed by atoms with Gasteiger partial charge in [-0.1, -0.05) is 6.92 Å². The van der Waals surface area contributed by atoms with Crippen LogP contribution in [0.15, 0.2) is 6.07 Å². The van der Waals surface area contributed by atoms with Crippen LogP contribution in [-0.2, 0) is 19.5 Å². The van der Waals surface area contributed by atoms with Crippen molar-refractivity contribution in [3.05, 3.63) is 17.5 Å². The zero-order chi connectivity index (χ0) is 13.7. The molecule has 1 aromatic rings. The second-order valence-electron chi connectivity index (χ2n) is 5.39. The van der Waals surface area contributed by atoms with Crippen LogP contribution in [0.2, 0.25) is 0 Å². The van der Waals surface area contributed by atoms with Crippen LogP contribution in [0.5, 0.6) is 0 Å². The Morgan fingerprint density at radius 3 is 2.95 bits per heavy atom. The maximum absolute atomic E-state index is 5.83. The summed E-state index contributed by atoms with van der Waals surface area (Å²) in [6.45, 7) is 7.59. The molecule has 0 aromatic carbocycles. The van der Waals surface area contributed by atoms with E-state index in [-0.39, 0.29) is 0 Å². The van der Waals surface area contributed by atoms with E-state index >= 15 is 0 Å². The normalized spacial score (nSPS) is 20.3. The zero-order valence-electron chi connectivity index (χ0n) is 12.2. The molecular formula is C15H26ClN3. The molecule has 1 fully saturated rings. The lowest BCUT2D eigenvalue weighted by molar-refractivity contribution is 0.227. The van der Waals surface area contributed by atoms with Crippen LogP contribution in [-0.4, -0.2) is 33.1 Å². The predicted octanol–water partition coefficient (Wildman–Crippen LogP) is 3.45. The fraction of sp³-hybridized carbons (Fsp3) is 0.800. The minimum Gasteiger partial charge on any atom is -0.295 e. The highest BCUT2D eigenvalue weighted by atomic mass is 35.5. The SMILES string of the molecule is CCc1cc(CN2CCCC2CCCCl)n(CC)n1. The van der Waals surface area contributed by atoms with Gasteiger partial charge in [-0.05, 0) is 51.6 Å². The van der Waals surface area contributed by atoms with Gasteiger partial charge in [0.2, 0.25) is 0 Å². The first-order valence-corrected chi connectivity index (χ1v) is 8.17. The van der Waals surface area contributed by atoms with E-state index in [1.54, 1.807) is 0 Å². The van der Waals surface area contributed by atoms with Crippen molar-refractivity contribution in [2.75, 3.05) is 12.4 Å². The van der Waals surface area contributed by atoms with Crippen molar-refractivity contribution in [1.82, 2.24) is 14.7 Å². The number of hydrogen-bond acceptors (Lipinski definition) is 2. The lowest BCUT2D eigenvalue weighted by Crippen LogP contribution is -2.30. The molecule has 0 saturated carbocycles. The predicted molar refractivity (Wildman–Crippen MR) is 80.7 cm³/mol. The van der Waals surface area contributed by atoms with Crippen LogP contribution in [0.1, 0.15) is 50.9 Å². The van der Waals surface area contributed by atoms with Gasteiger partial charge in [-0.2, -0.15) is 5.10 Å². The van der Waals surface area contributed by atoms with Gasteiger partial charge in [-0.25, -0.2) is 0 Å². The van der Waals surface area contributed by atoms with Crippen molar-refractivity contribution in [3.8, 4) is 0 Å². The van der Waals surface area contributed by atoms with E-state index in [2.05, 4.69) is 34.6 Å². The van der Waals surface area contributed by atoms with Gasteiger partial charge in [-0.3, -0.25) is 9.58 Å². The van der Waals surface area contributed by atoms with Crippen LogP contribution in [0, 0.1) is 0 Å². The highest BCUT2D eigenvalue weighted by molar-refractivity contribution is 6.17. The lowest BCUT2D eigenvalue weighted by Gasteiger charge is -2.24. The molecule has 2 heterocycles. The van der Waals surface area contributed by atoms with Crippen LogP contribution in [0.4, 0.5) is 0 Å². The molecule has 1 unspecified atom stereocenters. The molecule has 1 aliphatic heterocycles. The third-order valence-electron chi connectivity index (χ3n) is 4.11. The average Bonchev–Trinajstić information content (AvgIpc) is 3.03. The fourth-order valence-electron chi connectivity index (χ4n) is 3.04. The minimum absolute atomic E-state index is 0.726. The first-order valence-electron chi connectivity index (χ1n) is 7.64. The summed E-state index contributed by atoms with van der Waals surface area (Å²) in [6, 6.07) is 3.00. The highest BCUT2D eigenvalue weighted by Crippen LogP contribution is 2.24. The van der Waals surface area contributed by atoms with E-state index in [0.29, 0.717) is 0 Å². The van der Waals surface area contributed by atoms with Crippen molar-refractivity contribution in [3.63, 3.8) is 0 Å². The van der Waals surface area contributed by atoms with Crippen molar-refractivity contribution in [2.45, 2.75) is 65.1 Å². The van der Waals surface area contributed by atoms with Crippen molar-refractivity contribution >= 4 is 11.6 Å². The second-order valence-corrected chi connectivity index (χ2v) is 5.77. The molecule has 108 valence electrons. The molecule has 1 aliphatic rings. The smallest absolute Gasteiger partial charge is 0.0625 e. The molecule has 0 N–H and O–H groups in total. The summed E-state index contributed by atoms with van der Waals surface area (Å²) in [7, 11) is 0. The summed E-state index contributed by atoms with van der Waals surface area (Å²) < 4.78 is 2.16. The first kappa shape index (κ1) is 14.9. The average molecular weight is 284 g/mol. The molecule has 19 heavy (non-hydrogen) atoms. The molecular weight excluding hydrogens is 258 g/mol. The molecule has 0 spiro atoms.